The first-order valence-corrected chi connectivity index (χ1v) is 9.47. The van der Waals surface area contributed by atoms with Crippen LogP contribution in [0.1, 0.15) is 5.56 Å². The van der Waals surface area contributed by atoms with E-state index in [1.807, 2.05) is 24.3 Å². The van der Waals surface area contributed by atoms with Gasteiger partial charge in [0.05, 0.1) is 15.9 Å². The van der Waals surface area contributed by atoms with Gasteiger partial charge < -0.3 is 4.74 Å². The number of nitrogens with one attached hydrogen (secondary N) is 1. The van der Waals surface area contributed by atoms with E-state index in [1.165, 1.54) is 6.07 Å². The summed E-state index contributed by atoms with van der Waals surface area (Å²) in [7, 11) is -1.93. The molecule has 0 aliphatic heterocycles. The highest BCUT2D eigenvalue weighted by molar-refractivity contribution is 9.11. The van der Waals surface area contributed by atoms with Crippen molar-refractivity contribution in [3.63, 3.8) is 0 Å². The second-order valence-corrected chi connectivity index (χ2v) is 8.96. The first-order valence-electron chi connectivity index (χ1n) is 6.00. The SMILES string of the molecule is COc1cccc(CCNS(=O)(=O)c2cc(Cl)c(Br)s2)c1. The van der Waals surface area contributed by atoms with E-state index >= 15 is 0 Å². The van der Waals surface area contributed by atoms with Crippen LogP contribution in [0.25, 0.3) is 0 Å². The maximum Gasteiger partial charge on any atom is 0.250 e. The van der Waals surface area contributed by atoms with Crippen LogP contribution in [0.4, 0.5) is 0 Å². The molecule has 0 fully saturated rings. The zero-order valence-electron chi connectivity index (χ0n) is 11.1. The number of ether oxygens (including phenoxy) is 1. The summed E-state index contributed by atoms with van der Waals surface area (Å²) in [5.74, 6) is 0.754. The molecule has 0 aliphatic rings. The molecule has 114 valence electrons. The molecule has 8 heteroatoms. The molecule has 0 aliphatic carbocycles. The van der Waals surface area contributed by atoms with Crippen molar-refractivity contribution in [3.8, 4) is 5.75 Å². The average molecular weight is 411 g/mol. The van der Waals surface area contributed by atoms with Crippen LogP contribution in [0, 0.1) is 0 Å². The van der Waals surface area contributed by atoms with Gasteiger partial charge in [0.1, 0.15) is 9.96 Å². The Morgan fingerprint density at radius 2 is 2.14 bits per heavy atom. The molecule has 0 radical (unpaired) electrons. The van der Waals surface area contributed by atoms with Gasteiger partial charge in [-0.3, -0.25) is 0 Å². The average Bonchev–Trinajstić information content (AvgIpc) is 2.80. The summed E-state index contributed by atoms with van der Waals surface area (Å²) in [5.41, 5.74) is 1.00. The Balaban J connectivity index is 1.98. The van der Waals surface area contributed by atoms with Crippen LogP contribution in [-0.4, -0.2) is 22.1 Å². The molecule has 2 aromatic rings. The molecule has 0 unspecified atom stereocenters. The second kappa shape index (κ2) is 7.11. The van der Waals surface area contributed by atoms with E-state index in [4.69, 9.17) is 16.3 Å². The molecule has 1 aromatic heterocycles. The van der Waals surface area contributed by atoms with Crippen molar-refractivity contribution in [1.82, 2.24) is 4.72 Å². The van der Waals surface area contributed by atoms with Crippen molar-refractivity contribution in [2.45, 2.75) is 10.6 Å². The molecule has 0 saturated heterocycles. The number of thiophene rings is 1. The lowest BCUT2D eigenvalue weighted by molar-refractivity contribution is 0.414. The van der Waals surface area contributed by atoms with E-state index in [-0.39, 0.29) is 4.21 Å². The van der Waals surface area contributed by atoms with E-state index in [1.54, 1.807) is 7.11 Å². The Labute approximate surface area is 141 Å². The zero-order valence-corrected chi connectivity index (χ0v) is 15.1. The third-order valence-electron chi connectivity index (χ3n) is 2.73. The Kier molecular flexibility index (Phi) is 5.67. The lowest BCUT2D eigenvalue weighted by Crippen LogP contribution is -2.25. The van der Waals surface area contributed by atoms with Crippen LogP contribution in [0.2, 0.25) is 5.02 Å². The lowest BCUT2D eigenvalue weighted by atomic mass is 10.1. The minimum atomic E-state index is -3.52. The summed E-state index contributed by atoms with van der Waals surface area (Å²) in [6.07, 6.45) is 0.580. The topological polar surface area (TPSA) is 55.4 Å². The lowest BCUT2D eigenvalue weighted by Gasteiger charge is -2.06. The van der Waals surface area contributed by atoms with Gasteiger partial charge in [-0.1, -0.05) is 23.7 Å². The molecule has 1 N–H and O–H groups in total. The second-order valence-electron chi connectivity index (χ2n) is 4.19. The molecule has 21 heavy (non-hydrogen) atoms. The number of benzene rings is 1. The van der Waals surface area contributed by atoms with E-state index in [0.29, 0.717) is 21.8 Å². The molecule has 0 amide bonds. The fourth-order valence-electron chi connectivity index (χ4n) is 1.69. The monoisotopic (exact) mass is 409 g/mol. The molecule has 0 saturated carbocycles. The molecule has 1 aromatic carbocycles. The fraction of sp³-hybridized carbons (Fsp3) is 0.231. The van der Waals surface area contributed by atoms with E-state index in [2.05, 4.69) is 20.7 Å². The Morgan fingerprint density at radius 3 is 2.76 bits per heavy atom. The van der Waals surface area contributed by atoms with Crippen LogP contribution in [0.5, 0.6) is 5.75 Å². The van der Waals surface area contributed by atoms with E-state index in [9.17, 15) is 8.42 Å². The minimum absolute atomic E-state index is 0.199. The van der Waals surface area contributed by atoms with Crippen LogP contribution in [-0.2, 0) is 16.4 Å². The van der Waals surface area contributed by atoms with E-state index in [0.717, 1.165) is 22.6 Å². The molecule has 2 rings (SSSR count). The highest BCUT2D eigenvalue weighted by Crippen LogP contribution is 2.34. The Morgan fingerprint density at radius 1 is 1.38 bits per heavy atom. The van der Waals surface area contributed by atoms with Gasteiger partial charge in [-0.25, -0.2) is 13.1 Å². The zero-order chi connectivity index (χ0) is 15.5. The van der Waals surface area contributed by atoms with Crippen molar-refractivity contribution in [2.24, 2.45) is 0 Å². The number of methoxy groups -OCH3 is 1. The van der Waals surface area contributed by atoms with Crippen LogP contribution < -0.4 is 9.46 Å². The van der Waals surface area contributed by atoms with Crippen LogP contribution in [0.3, 0.4) is 0 Å². The first-order chi connectivity index (χ1) is 9.92. The van der Waals surface area contributed by atoms with Crippen molar-refractivity contribution in [1.29, 1.82) is 0 Å². The summed E-state index contributed by atoms with van der Waals surface area (Å²) in [4.78, 5) is 0. The molecule has 1 heterocycles. The van der Waals surface area contributed by atoms with Crippen LogP contribution >= 0.6 is 38.9 Å². The summed E-state index contributed by atoms with van der Waals surface area (Å²) in [6, 6.07) is 8.96. The van der Waals surface area contributed by atoms with E-state index < -0.39 is 10.0 Å². The predicted octanol–water partition coefficient (Wildman–Crippen LogP) is 3.69. The molecule has 4 nitrogen and oxygen atoms in total. The standard InChI is InChI=1S/C13H13BrClNO3S2/c1-19-10-4-2-3-9(7-10)5-6-16-21(17,18)12-8-11(15)13(14)20-12/h2-4,7-8,16H,5-6H2,1H3. The molecular weight excluding hydrogens is 398 g/mol. The summed E-state index contributed by atoms with van der Waals surface area (Å²) in [6.45, 7) is 0.308. The third-order valence-corrected chi connectivity index (χ3v) is 7.14. The quantitative estimate of drug-likeness (QED) is 0.790. The van der Waals surface area contributed by atoms with Crippen LogP contribution in [0.15, 0.2) is 38.3 Å². The van der Waals surface area contributed by atoms with Crippen molar-refractivity contribution in [2.75, 3.05) is 13.7 Å². The first kappa shape index (κ1) is 16.8. The molecule has 0 atom stereocenters. The molecular formula is C13H13BrClNO3S2. The third kappa shape index (κ3) is 4.43. The number of hydrogen-bond acceptors (Lipinski definition) is 4. The number of hydrogen-bond donors (Lipinski definition) is 1. The number of halogens is 2. The summed E-state index contributed by atoms with van der Waals surface area (Å²) in [5, 5.41) is 0.396. The highest BCUT2D eigenvalue weighted by Gasteiger charge is 2.18. The smallest absolute Gasteiger partial charge is 0.250 e. The Hall–Kier alpha value is -0.600. The maximum atomic E-state index is 12.1. The van der Waals surface area contributed by atoms with Gasteiger partial charge in [0, 0.05) is 6.54 Å². The molecule has 0 spiro atoms. The van der Waals surface area contributed by atoms with Crippen molar-refractivity contribution in [3.05, 3.63) is 44.7 Å². The van der Waals surface area contributed by atoms with Crippen molar-refractivity contribution < 1.29 is 13.2 Å². The van der Waals surface area contributed by atoms with Gasteiger partial charge in [-0.2, -0.15) is 0 Å². The van der Waals surface area contributed by atoms with Gasteiger partial charge in [0.25, 0.3) is 0 Å². The normalized spacial score (nSPS) is 11.6. The highest BCUT2D eigenvalue weighted by atomic mass is 79.9. The molecule has 0 bridgehead atoms. The number of rotatable bonds is 6. The van der Waals surface area contributed by atoms with Gasteiger partial charge >= 0.3 is 0 Å². The Bertz CT molecular complexity index is 711. The fourth-order valence-corrected chi connectivity index (χ4v) is 5.16. The van der Waals surface area contributed by atoms with Crippen molar-refractivity contribution >= 4 is 48.9 Å². The predicted molar refractivity (Wildman–Crippen MR) is 88.9 cm³/mol. The largest absolute Gasteiger partial charge is 0.497 e. The number of sulfonamides is 1. The minimum Gasteiger partial charge on any atom is -0.497 e. The van der Waals surface area contributed by atoms with Gasteiger partial charge in [-0.05, 0) is 46.1 Å². The van der Waals surface area contributed by atoms with Gasteiger partial charge in [0.15, 0.2) is 0 Å². The summed E-state index contributed by atoms with van der Waals surface area (Å²) < 4.78 is 32.7. The van der Waals surface area contributed by atoms with Gasteiger partial charge in [0.2, 0.25) is 10.0 Å². The summed E-state index contributed by atoms with van der Waals surface area (Å²) >= 11 is 10.2. The maximum absolute atomic E-state index is 12.1. The van der Waals surface area contributed by atoms with Gasteiger partial charge in [-0.15, -0.1) is 11.3 Å².